The van der Waals surface area contributed by atoms with E-state index in [4.69, 9.17) is 4.74 Å². The van der Waals surface area contributed by atoms with Gasteiger partial charge in [0.1, 0.15) is 16.4 Å². The molecule has 0 unspecified atom stereocenters. The monoisotopic (exact) mass is 288 g/mol. The maximum atomic E-state index is 11.9. The third-order valence-electron chi connectivity index (χ3n) is 2.92. The summed E-state index contributed by atoms with van der Waals surface area (Å²) in [6, 6.07) is 6.89. The third-order valence-corrected chi connectivity index (χ3v) is 7.15. The van der Waals surface area contributed by atoms with Crippen LogP contribution in [0.2, 0.25) is 0 Å². The van der Waals surface area contributed by atoms with Crippen LogP contribution in [0.3, 0.4) is 0 Å². The van der Waals surface area contributed by atoms with Gasteiger partial charge in [0.15, 0.2) is 0 Å². The van der Waals surface area contributed by atoms with Crippen LogP contribution < -0.4 is 4.74 Å². The Morgan fingerprint density at radius 2 is 1.78 bits per heavy atom. The minimum atomic E-state index is -1.23. The van der Waals surface area contributed by atoms with Crippen LogP contribution in [0, 0.1) is 0 Å². The lowest BCUT2D eigenvalue weighted by Crippen LogP contribution is -2.35. The first-order chi connectivity index (χ1) is 8.63. The van der Waals surface area contributed by atoms with Gasteiger partial charge in [-0.3, -0.25) is 8.42 Å². The molecule has 2 rings (SSSR count). The molecule has 0 bridgehead atoms. The molecule has 6 heteroatoms. The predicted molar refractivity (Wildman–Crippen MR) is 72.4 cm³/mol. The Morgan fingerprint density at radius 1 is 1.22 bits per heavy atom. The van der Waals surface area contributed by atoms with E-state index in [1.54, 1.807) is 31.4 Å². The molecular formula is C12H16O4S2. The molecule has 0 amide bonds. The van der Waals surface area contributed by atoms with Crippen LogP contribution in [0.25, 0.3) is 0 Å². The van der Waals surface area contributed by atoms with Gasteiger partial charge >= 0.3 is 0 Å². The second-order valence-corrected chi connectivity index (χ2v) is 7.76. The Kier molecular flexibility index (Phi) is 4.53. The highest BCUT2D eigenvalue weighted by Crippen LogP contribution is 2.28. The van der Waals surface area contributed by atoms with Crippen molar-refractivity contribution >= 4 is 21.6 Å². The molecule has 1 aliphatic heterocycles. The van der Waals surface area contributed by atoms with Crippen molar-refractivity contribution in [2.24, 2.45) is 0 Å². The van der Waals surface area contributed by atoms with Crippen molar-refractivity contribution in [3.05, 3.63) is 29.8 Å². The van der Waals surface area contributed by atoms with E-state index in [1.807, 2.05) is 0 Å². The van der Waals surface area contributed by atoms with Gasteiger partial charge in [-0.15, -0.1) is 0 Å². The van der Waals surface area contributed by atoms with E-state index in [1.165, 1.54) is 0 Å². The number of aliphatic hydroxyl groups excluding tert-OH is 1. The predicted octanol–water partition coefficient (Wildman–Crippen LogP) is 0.956. The van der Waals surface area contributed by atoms with Crippen LogP contribution in [-0.2, 0) is 21.6 Å². The second-order valence-electron chi connectivity index (χ2n) is 4.11. The summed E-state index contributed by atoms with van der Waals surface area (Å²) in [6.07, 6.45) is -0.247. The van der Waals surface area contributed by atoms with E-state index < -0.39 is 32.3 Å². The average molecular weight is 288 g/mol. The van der Waals surface area contributed by atoms with Crippen molar-refractivity contribution in [1.82, 2.24) is 0 Å². The molecule has 4 nitrogen and oxygen atoms in total. The lowest BCUT2D eigenvalue weighted by molar-refractivity contribution is 0.193. The number of ether oxygens (including phenoxy) is 1. The number of hydrogen-bond acceptors (Lipinski definition) is 4. The Morgan fingerprint density at radius 3 is 2.28 bits per heavy atom. The number of hydrogen-bond donors (Lipinski definition) is 1. The zero-order valence-electron chi connectivity index (χ0n) is 10.1. The Labute approximate surface area is 111 Å². The number of benzene rings is 1. The average Bonchev–Trinajstić information content (AvgIpc) is 2.38. The summed E-state index contributed by atoms with van der Waals surface area (Å²) in [7, 11) is -0.888. The van der Waals surface area contributed by atoms with E-state index in [2.05, 4.69) is 0 Å². The standard InChI is InChI=1S/C12H16O4S2/c1-16-10-5-3-9(4-6-10)11(13)12-17(14)7-2-8-18(12)15/h3-6,11-13H,2,7-8H2,1H3/t11-,17+,18+/m0/s1. The normalized spacial score (nSPS) is 26.8. The van der Waals surface area contributed by atoms with E-state index in [0.717, 1.165) is 0 Å². The van der Waals surface area contributed by atoms with Crippen LogP contribution in [0.1, 0.15) is 18.1 Å². The van der Waals surface area contributed by atoms with Crippen molar-refractivity contribution in [2.45, 2.75) is 17.1 Å². The summed E-state index contributed by atoms with van der Waals surface area (Å²) in [5.41, 5.74) is 0.629. The highest BCUT2D eigenvalue weighted by molar-refractivity contribution is 8.03. The van der Waals surface area contributed by atoms with Crippen molar-refractivity contribution in [3.8, 4) is 5.75 Å². The molecule has 1 aliphatic rings. The van der Waals surface area contributed by atoms with E-state index in [9.17, 15) is 13.5 Å². The van der Waals surface area contributed by atoms with Gasteiger partial charge in [0.2, 0.25) is 0 Å². The van der Waals surface area contributed by atoms with Crippen molar-refractivity contribution < 1.29 is 18.3 Å². The minimum absolute atomic E-state index is 0.517. The van der Waals surface area contributed by atoms with Gasteiger partial charge in [0.25, 0.3) is 0 Å². The molecule has 0 aromatic heterocycles. The molecule has 3 atom stereocenters. The van der Waals surface area contributed by atoms with E-state index >= 15 is 0 Å². The lowest BCUT2D eigenvalue weighted by Gasteiger charge is -2.25. The third kappa shape index (κ3) is 2.81. The van der Waals surface area contributed by atoms with Crippen LogP contribution >= 0.6 is 0 Å². The van der Waals surface area contributed by atoms with Gasteiger partial charge in [0, 0.05) is 33.1 Å². The molecule has 1 saturated heterocycles. The first-order valence-electron chi connectivity index (χ1n) is 5.70. The summed E-state index contributed by atoms with van der Waals surface area (Å²) in [6.45, 7) is 0. The first-order valence-corrected chi connectivity index (χ1v) is 8.46. The Bertz CT molecular complexity index is 442. The summed E-state index contributed by atoms with van der Waals surface area (Å²) >= 11 is 0. The lowest BCUT2D eigenvalue weighted by atomic mass is 10.1. The topological polar surface area (TPSA) is 63.6 Å². The second kappa shape index (κ2) is 5.95. The van der Waals surface area contributed by atoms with Gasteiger partial charge in [-0.2, -0.15) is 0 Å². The fraction of sp³-hybridized carbons (Fsp3) is 0.500. The summed E-state index contributed by atoms with van der Waals surface area (Å²) in [5.74, 6) is 1.73. The van der Waals surface area contributed by atoms with Gasteiger partial charge < -0.3 is 9.84 Å². The summed E-state index contributed by atoms with van der Waals surface area (Å²) < 4.78 is 28.1. The largest absolute Gasteiger partial charge is 0.497 e. The van der Waals surface area contributed by atoms with Crippen molar-refractivity contribution in [1.29, 1.82) is 0 Å². The molecule has 0 spiro atoms. The van der Waals surface area contributed by atoms with Crippen molar-refractivity contribution in [3.63, 3.8) is 0 Å². The van der Waals surface area contributed by atoms with E-state index in [0.29, 0.717) is 29.2 Å². The van der Waals surface area contributed by atoms with Gasteiger partial charge in [0.05, 0.1) is 7.11 Å². The maximum Gasteiger partial charge on any atom is 0.140 e. The van der Waals surface area contributed by atoms with Gasteiger partial charge in [-0.05, 0) is 24.1 Å². The molecule has 1 N–H and O–H groups in total. The molecule has 0 aliphatic carbocycles. The molecule has 0 saturated carbocycles. The molecular weight excluding hydrogens is 272 g/mol. The number of rotatable bonds is 3. The van der Waals surface area contributed by atoms with Crippen LogP contribution in [0.4, 0.5) is 0 Å². The SMILES string of the molecule is COc1ccc([C@H](O)C2[S@](=O)CCC[S@]2=O)cc1. The molecule has 1 aromatic carbocycles. The summed E-state index contributed by atoms with van der Waals surface area (Å²) in [4.78, 5) is 0. The highest BCUT2D eigenvalue weighted by Gasteiger charge is 2.34. The fourth-order valence-corrected chi connectivity index (χ4v) is 5.87. The van der Waals surface area contributed by atoms with Crippen molar-refractivity contribution in [2.75, 3.05) is 18.6 Å². The summed E-state index contributed by atoms with van der Waals surface area (Å²) in [5, 5.41) is 10.2. The van der Waals surface area contributed by atoms with Gasteiger partial charge in [-0.1, -0.05) is 12.1 Å². The zero-order valence-corrected chi connectivity index (χ0v) is 11.7. The highest BCUT2D eigenvalue weighted by atomic mass is 32.2. The smallest absolute Gasteiger partial charge is 0.140 e. The fourth-order valence-electron chi connectivity index (χ4n) is 1.94. The number of aliphatic hydroxyl groups is 1. The molecule has 1 heterocycles. The van der Waals surface area contributed by atoms with Crippen LogP contribution in [-0.4, -0.2) is 36.7 Å². The Balaban J connectivity index is 2.20. The quantitative estimate of drug-likeness (QED) is 0.899. The molecule has 100 valence electrons. The minimum Gasteiger partial charge on any atom is -0.497 e. The van der Waals surface area contributed by atoms with E-state index in [-0.39, 0.29) is 0 Å². The molecule has 0 radical (unpaired) electrons. The molecule has 18 heavy (non-hydrogen) atoms. The number of methoxy groups -OCH3 is 1. The zero-order chi connectivity index (χ0) is 13.1. The maximum absolute atomic E-state index is 11.9. The van der Waals surface area contributed by atoms with Crippen LogP contribution in [0.5, 0.6) is 5.75 Å². The Hall–Kier alpha value is -0.720. The van der Waals surface area contributed by atoms with Gasteiger partial charge in [-0.25, -0.2) is 0 Å². The molecule has 1 aromatic rings. The first kappa shape index (κ1) is 13.7. The molecule has 1 fully saturated rings. The van der Waals surface area contributed by atoms with Crippen LogP contribution in [0.15, 0.2) is 24.3 Å².